The first kappa shape index (κ1) is 13.8. The Morgan fingerprint density at radius 3 is 2.56 bits per heavy atom. The highest BCUT2D eigenvalue weighted by molar-refractivity contribution is 6.42. The van der Waals surface area contributed by atoms with Gasteiger partial charge in [0.15, 0.2) is 0 Å². The molecule has 0 atom stereocenters. The second-order valence-electron chi connectivity index (χ2n) is 3.37. The smallest absolute Gasteiger partial charge is 0.150 e. The Hall–Kier alpha value is -0.220. The van der Waals surface area contributed by atoms with E-state index in [0.29, 0.717) is 15.9 Å². The number of nitrogens with one attached hydrogen (secondary N) is 1. The minimum atomic E-state index is 0.260. The number of rotatable bonds is 6. The zero-order valence-corrected chi connectivity index (χ0v) is 11.0. The van der Waals surface area contributed by atoms with Crippen molar-refractivity contribution in [3.8, 4) is 0 Å². The SMILES string of the molecule is NCCCCCNc1nc(Cl)c(Cl)cc1Cl. The van der Waals surface area contributed by atoms with Crippen molar-refractivity contribution in [1.82, 2.24) is 4.98 Å². The Balaban J connectivity index is 2.45. The molecule has 3 nitrogen and oxygen atoms in total. The van der Waals surface area contributed by atoms with Crippen molar-refractivity contribution in [1.29, 1.82) is 0 Å². The minimum Gasteiger partial charge on any atom is -0.369 e. The van der Waals surface area contributed by atoms with Crippen LogP contribution in [0.5, 0.6) is 0 Å². The van der Waals surface area contributed by atoms with Gasteiger partial charge in [0.2, 0.25) is 0 Å². The molecule has 0 bridgehead atoms. The molecule has 1 aromatic heterocycles. The van der Waals surface area contributed by atoms with Crippen LogP contribution in [0, 0.1) is 0 Å². The van der Waals surface area contributed by atoms with Crippen molar-refractivity contribution in [2.45, 2.75) is 19.3 Å². The molecular weight excluding hydrogens is 268 g/mol. The quantitative estimate of drug-likeness (QED) is 0.619. The van der Waals surface area contributed by atoms with E-state index in [1.54, 1.807) is 6.07 Å². The number of anilines is 1. The number of aromatic nitrogens is 1. The Morgan fingerprint density at radius 1 is 1.12 bits per heavy atom. The summed E-state index contributed by atoms with van der Waals surface area (Å²) in [6.07, 6.45) is 3.14. The molecule has 16 heavy (non-hydrogen) atoms. The van der Waals surface area contributed by atoms with Crippen LogP contribution in [-0.2, 0) is 0 Å². The first-order chi connectivity index (χ1) is 7.65. The van der Waals surface area contributed by atoms with Gasteiger partial charge in [-0.05, 0) is 25.5 Å². The summed E-state index contributed by atoms with van der Waals surface area (Å²) in [5.41, 5.74) is 5.40. The molecule has 0 unspecified atom stereocenters. The summed E-state index contributed by atoms with van der Waals surface area (Å²) < 4.78 is 0. The molecule has 1 rings (SSSR count). The van der Waals surface area contributed by atoms with Crippen molar-refractivity contribution >= 4 is 40.6 Å². The zero-order valence-electron chi connectivity index (χ0n) is 8.77. The number of pyridine rings is 1. The molecule has 90 valence electrons. The van der Waals surface area contributed by atoms with Crippen molar-refractivity contribution in [3.63, 3.8) is 0 Å². The van der Waals surface area contributed by atoms with Crippen molar-refractivity contribution in [2.75, 3.05) is 18.4 Å². The Morgan fingerprint density at radius 2 is 1.88 bits per heavy atom. The predicted octanol–water partition coefficient (Wildman–Crippen LogP) is 3.58. The summed E-state index contributed by atoms with van der Waals surface area (Å²) in [6.45, 7) is 1.52. The molecule has 0 saturated heterocycles. The lowest BCUT2D eigenvalue weighted by Gasteiger charge is -2.08. The topological polar surface area (TPSA) is 50.9 Å². The average molecular weight is 283 g/mol. The highest BCUT2D eigenvalue weighted by Crippen LogP contribution is 2.28. The van der Waals surface area contributed by atoms with E-state index < -0.39 is 0 Å². The van der Waals surface area contributed by atoms with Gasteiger partial charge < -0.3 is 11.1 Å². The molecule has 1 aromatic rings. The largest absolute Gasteiger partial charge is 0.369 e. The lowest BCUT2D eigenvalue weighted by Crippen LogP contribution is -2.05. The zero-order chi connectivity index (χ0) is 12.0. The van der Waals surface area contributed by atoms with Gasteiger partial charge in [0.25, 0.3) is 0 Å². The van der Waals surface area contributed by atoms with Gasteiger partial charge in [0, 0.05) is 6.54 Å². The van der Waals surface area contributed by atoms with E-state index in [1.165, 1.54) is 0 Å². The number of nitrogens with zero attached hydrogens (tertiary/aromatic N) is 1. The molecular formula is C10H14Cl3N3. The van der Waals surface area contributed by atoms with E-state index in [4.69, 9.17) is 40.5 Å². The van der Waals surface area contributed by atoms with Crippen LogP contribution in [0.3, 0.4) is 0 Å². The van der Waals surface area contributed by atoms with E-state index in [2.05, 4.69) is 10.3 Å². The summed E-state index contributed by atoms with van der Waals surface area (Å²) in [6, 6.07) is 1.58. The first-order valence-corrected chi connectivity index (χ1v) is 6.24. The average Bonchev–Trinajstić information content (AvgIpc) is 2.25. The van der Waals surface area contributed by atoms with Crippen molar-refractivity contribution in [3.05, 3.63) is 21.3 Å². The van der Waals surface area contributed by atoms with Gasteiger partial charge in [-0.1, -0.05) is 41.2 Å². The molecule has 0 aliphatic rings. The van der Waals surface area contributed by atoms with Gasteiger partial charge in [-0.2, -0.15) is 0 Å². The highest BCUT2D eigenvalue weighted by Gasteiger charge is 2.06. The van der Waals surface area contributed by atoms with E-state index in [-0.39, 0.29) is 5.15 Å². The molecule has 0 aliphatic carbocycles. The van der Waals surface area contributed by atoms with Gasteiger partial charge in [-0.15, -0.1) is 0 Å². The third kappa shape index (κ3) is 4.34. The lowest BCUT2D eigenvalue weighted by atomic mass is 10.2. The molecule has 0 saturated carbocycles. The Kier molecular flexibility index (Phi) is 6.21. The number of halogens is 3. The second-order valence-corrected chi connectivity index (χ2v) is 4.54. The van der Waals surface area contributed by atoms with Crippen molar-refractivity contribution < 1.29 is 0 Å². The summed E-state index contributed by atoms with van der Waals surface area (Å²) >= 11 is 17.5. The van der Waals surface area contributed by atoms with Crippen molar-refractivity contribution in [2.24, 2.45) is 5.73 Å². The molecule has 0 amide bonds. The molecule has 3 N–H and O–H groups in total. The van der Waals surface area contributed by atoms with Crippen LogP contribution in [0.2, 0.25) is 15.2 Å². The van der Waals surface area contributed by atoms with Gasteiger partial charge in [-0.25, -0.2) is 4.98 Å². The van der Waals surface area contributed by atoms with Crippen LogP contribution in [0.15, 0.2) is 6.07 Å². The fraction of sp³-hybridized carbons (Fsp3) is 0.500. The number of unbranched alkanes of at least 4 members (excludes halogenated alkanes) is 2. The molecule has 0 aromatic carbocycles. The predicted molar refractivity (Wildman–Crippen MR) is 70.7 cm³/mol. The maximum Gasteiger partial charge on any atom is 0.150 e. The number of hydrogen-bond donors (Lipinski definition) is 2. The molecule has 0 aliphatic heterocycles. The van der Waals surface area contributed by atoms with Gasteiger partial charge in [-0.3, -0.25) is 0 Å². The number of hydrogen-bond acceptors (Lipinski definition) is 3. The summed E-state index contributed by atoms with van der Waals surface area (Å²) in [7, 11) is 0. The fourth-order valence-corrected chi connectivity index (χ4v) is 1.79. The molecule has 1 heterocycles. The first-order valence-electron chi connectivity index (χ1n) is 5.10. The van der Waals surface area contributed by atoms with E-state index in [0.717, 1.165) is 32.4 Å². The Labute approximate surface area is 110 Å². The van der Waals surface area contributed by atoms with Crippen LogP contribution >= 0.6 is 34.8 Å². The van der Waals surface area contributed by atoms with E-state index in [1.807, 2.05) is 0 Å². The fourth-order valence-electron chi connectivity index (χ4n) is 1.22. The monoisotopic (exact) mass is 281 g/mol. The minimum absolute atomic E-state index is 0.260. The van der Waals surface area contributed by atoms with Gasteiger partial charge in [0.1, 0.15) is 11.0 Å². The summed E-state index contributed by atoms with van der Waals surface area (Å²) in [4.78, 5) is 4.06. The van der Waals surface area contributed by atoms with E-state index >= 15 is 0 Å². The summed E-state index contributed by atoms with van der Waals surface area (Å²) in [5, 5.41) is 4.21. The molecule has 0 spiro atoms. The normalized spacial score (nSPS) is 10.5. The standard InChI is InChI=1S/C10H14Cl3N3/c11-7-6-8(12)10(16-9(7)13)15-5-3-1-2-4-14/h6H,1-5,14H2,(H,15,16). The maximum absolute atomic E-state index is 5.95. The van der Waals surface area contributed by atoms with Crippen LogP contribution < -0.4 is 11.1 Å². The second kappa shape index (κ2) is 7.17. The highest BCUT2D eigenvalue weighted by atomic mass is 35.5. The summed E-state index contributed by atoms with van der Waals surface area (Å²) in [5.74, 6) is 0.573. The molecule has 0 radical (unpaired) electrons. The van der Waals surface area contributed by atoms with Gasteiger partial charge >= 0.3 is 0 Å². The lowest BCUT2D eigenvalue weighted by molar-refractivity contribution is 0.706. The van der Waals surface area contributed by atoms with Crippen LogP contribution in [-0.4, -0.2) is 18.1 Å². The third-order valence-electron chi connectivity index (χ3n) is 2.06. The maximum atomic E-state index is 5.95. The Bertz CT molecular complexity index is 344. The third-order valence-corrected chi connectivity index (χ3v) is 3.02. The molecule has 0 fully saturated rings. The van der Waals surface area contributed by atoms with E-state index in [9.17, 15) is 0 Å². The van der Waals surface area contributed by atoms with Crippen LogP contribution in [0.25, 0.3) is 0 Å². The number of nitrogens with two attached hydrogens (primary N) is 1. The molecule has 6 heteroatoms. The van der Waals surface area contributed by atoms with Crippen LogP contribution in [0.1, 0.15) is 19.3 Å². The van der Waals surface area contributed by atoms with Crippen LogP contribution in [0.4, 0.5) is 5.82 Å². The van der Waals surface area contributed by atoms with Gasteiger partial charge in [0.05, 0.1) is 10.0 Å².